The van der Waals surface area contributed by atoms with Gasteiger partial charge in [0.25, 0.3) is 10.1 Å². The SMILES string of the molecule is COC1CCCc2ccccc21.CS(=O)(=O)O. The van der Waals surface area contributed by atoms with E-state index in [1.165, 1.54) is 30.4 Å². The van der Waals surface area contributed by atoms with E-state index in [2.05, 4.69) is 24.3 Å². The molecule has 1 atom stereocenters. The first-order valence-corrected chi connectivity index (χ1v) is 7.29. The van der Waals surface area contributed by atoms with Crippen LogP contribution in [0.15, 0.2) is 24.3 Å². The molecule has 0 aromatic heterocycles. The van der Waals surface area contributed by atoms with Crippen LogP contribution in [-0.4, -0.2) is 26.3 Å². The van der Waals surface area contributed by atoms with E-state index in [4.69, 9.17) is 9.29 Å². The molecule has 2 rings (SSSR count). The zero-order chi connectivity index (χ0) is 12.9. The molecular weight excluding hydrogens is 240 g/mol. The molecule has 0 saturated heterocycles. The maximum atomic E-state index is 9.19. The van der Waals surface area contributed by atoms with Crippen LogP contribution in [0.3, 0.4) is 0 Å². The number of fused-ring (bicyclic) bond motifs is 1. The number of aryl methyl sites for hydroxylation is 1. The summed E-state index contributed by atoms with van der Waals surface area (Å²) < 4.78 is 31.3. The molecule has 5 heteroatoms. The smallest absolute Gasteiger partial charge is 0.261 e. The van der Waals surface area contributed by atoms with Gasteiger partial charge in [-0.1, -0.05) is 24.3 Å². The van der Waals surface area contributed by atoms with Crippen LogP contribution in [0.4, 0.5) is 0 Å². The number of ether oxygens (including phenoxy) is 1. The Morgan fingerprint density at radius 2 is 1.94 bits per heavy atom. The van der Waals surface area contributed by atoms with Gasteiger partial charge in [-0.15, -0.1) is 0 Å². The molecular formula is C12H18O4S. The summed E-state index contributed by atoms with van der Waals surface area (Å²) in [6.45, 7) is 0. The van der Waals surface area contributed by atoms with Gasteiger partial charge >= 0.3 is 0 Å². The molecule has 0 aliphatic heterocycles. The minimum absolute atomic E-state index is 0.343. The molecule has 1 aromatic rings. The Labute approximate surface area is 102 Å². The van der Waals surface area contributed by atoms with E-state index in [1.54, 1.807) is 7.11 Å². The van der Waals surface area contributed by atoms with Gasteiger partial charge in [-0.2, -0.15) is 8.42 Å². The summed E-state index contributed by atoms with van der Waals surface area (Å²) in [5.74, 6) is 0. The lowest BCUT2D eigenvalue weighted by molar-refractivity contribution is 0.0881. The summed E-state index contributed by atoms with van der Waals surface area (Å²) >= 11 is 0. The Bertz CT molecular complexity index is 445. The maximum Gasteiger partial charge on any atom is 0.261 e. The van der Waals surface area contributed by atoms with Gasteiger partial charge in [-0.25, -0.2) is 0 Å². The van der Waals surface area contributed by atoms with Crippen LogP contribution in [0.1, 0.15) is 30.1 Å². The first kappa shape index (κ1) is 14.2. The van der Waals surface area contributed by atoms with E-state index in [0.29, 0.717) is 12.4 Å². The van der Waals surface area contributed by atoms with Crippen LogP contribution >= 0.6 is 0 Å². The van der Waals surface area contributed by atoms with Crippen LogP contribution in [0.2, 0.25) is 0 Å². The van der Waals surface area contributed by atoms with Crippen LogP contribution < -0.4 is 0 Å². The van der Waals surface area contributed by atoms with Crippen LogP contribution in [0.5, 0.6) is 0 Å². The lowest BCUT2D eigenvalue weighted by atomic mass is 9.89. The molecule has 1 aromatic carbocycles. The number of benzene rings is 1. The van der Waals surface area contributed by atoms with Crippen molar-refractivity contribution in [1.29, 1.82) is 0 Å². The summed E-state index contributed by atoms with van der Waals surface area (Å²) in [7, 11) is -1.87. The van der Waals surface area contributed by atoms with E-state index >= 15 is 0 Å². The summed E-state index contributed by atoms with van der Waals surface area (Å²) in [4.78, 5) is 0. The Morgan fingerprint density at radius 1 is 1.35 bits per heavy atom. The van der Waals surface area contributed by atoms with Crippen molar-refractivity contribution in [2.45, 2.75) is 25.4 Å². The second kappa shape index (κ2) is 6.14. The largest absolute Gasteiger partial charge is 0.377 e. The van der Waals surface area contributed by atoms with Crippen molar-refractivity contribution in [2.75, 3.05) is 13.4 Å². The molecule has 1 aliphatic carbocycles. The van der Waals surface area contributed by atoms with Gasteiger partial charge in [0, 0.05) is 7.11 Å². The van der Waals surface area contributed by atoms with Crippen molar-refractivity contribution in [3.63, 3.8) is 0 Å². The zero-order valence-corrected chi connectivity index (χ0v) is 10.9. The lowest BCUT2D eigenvalue weighted by Crippen LogP contribution is -2.10. The molecule has 96 valence electrons. The molecule has 0 fully saturated rings. The fourth-order valence-corrected chi connectivity index (χ4v) is 1.95. The van der Waals surface area contributed by atoms with Gasteiger partial charge in [0.15, 0.2) is 0 Å². The topological polar surface area (TPSA) is 63.6 Å². The van der Waals surface area contributed by atoms with Crippen LogP contribution in [0, 0.1) is 0 Å². The van der Waals surface area contributed by atoms with E-state index in [9.17, 15) is 8.42 Å². The quantitative estimate of drug-likeness (QED) is 0.784. The van der Waals surface area contributed by atoms with E-state index in [1.807, 2.05) is 0 Å². The van der Waals surface area contributed by atoms with Crippen molar-refractivity contribution in [3.8, 4) is 0 Å². The standard InChI is InChI=1S/C11H14O.CH4O3S/c1-12-11-8-4-6-9-5-2-3-7-10(9)11;1-5(2,3)4/h2-3,5,7,11H,4,6,8H2,1H3;1H3,(H,2,3,4). The molecule has 17 heavy (non-hydrogen) atoms. The monoisotopic (exact) mass is 258 g/mol. The minimum Gasteiger partial charge on any atom is -0.377 e. The molecule has 0 saturated carbocycles. The highest BCUT2D eigenvalue weighted by Crippen LogP contribution is 2.31. The number of hydrogen-bond donors (Lipinski definition) is 1. The van der Waals surface area contributed by atoms with Crippen molar-refractivity contribution >= 4 is 10.1 Å². The Hall–Kier alpha value is -0.910. The summed E-state index contributed by atoms with van der Waals surface area (Å²) in [6.07, 6.45) is 4.71. The minimum atomic E-state index is -3.67. The third-order valence-electron chi connectivity index (χ3n) is 2.60. The van der Waals surface area contributed by atoms with Crippen LogP contribution in [-0.2, 0) is 21.3 Å². The fourth-order valence-electron chi connectivity index (χ4n) is 1.95. The maximum absolute atomic E-state index is 9.19. The summed E-state index contributed by atoms with van der Waals surface area (Å²) in [5, 5.41) is 0. The molecule has 1 unspecified atom stereocenters. The van der Waals surface area contributed by atoms with Crippen molar-refractivity contribution in [2.24, 2.45) is 0 Å². The van der Waals surface area contributed by atoms with Crippen LogP contribution in [0.25, 0.3) is 0 Å². The molecule has 0 heterocycles. The molecule has 1 N–H and O–H groups in total. The highest BCUT2D eigenvalue weighted by Gasteiger charge is 2.18. The molecule has 0 amide bonds. The average molecular weight is 258 g/mol. The van der Waals surface area contributed by atoms with Gasteiger partial charge in [0.05, 0.1) is 12.4 Å². The third-order valence-corrected chi connectivity index (χ3v) is 2.60. The number of hydrogen-bond acceptors (Lipinski definition) is 3. The van der Waals surface area contributed by atoms with Gasteiger partial charge < -0.3 is 4.74 Å². The number of methoxy groups -OCH3 is 1. The van der Waals surface area contributed by atoms with Gasteiger partial charge in [-0.3, -0.25) is 4.55 Å². The lowest BCUT2D eigenvalue weighted by Gasteiger charge is -2.23. The Morgan fingerprint density at radius 3 is 2.53 bits per heavy atom. The molecule has 1 aliphatic rings. The normalized spacial score (nSPS) is 18.9. The molecule has 0 radical (unpaired) electrons. The molecule has 0 bridgehead atoms. The van der Waals surface area contributed by atoms with E-state index in [-0.39, 0.29) is 0 Å². The third kappa shape index (κ3) is 5.30. The highest BCUT2D eigenvalue weighted by molar-refractivity contribution is 7.85. The van der Waals surface area contributed by atoms with Gasteiger partial charge in [-0.05, 0) is 30.4 Å². The second-order valence-corrected chi connectivity index (χ2v) is 5.51. The average Bonchev–Trinajstić information content (AvgIpc) is 2.26. The van der Waals surface area contributed by atoms with Crippen molar-refractivity contribution in [1.82, 2.24) is 0 Å². The predicted octanol–water partition coefficient (Wildman–Crippen LogP) is 2.21. The Kier molecular flexibility index (Phi) is 5.11. The fraction of sp³-hybridized carbons (Fsp3) is 0.500. The van der Waals surface area contributed by atoms with E-state index in [0.717, 1.165) is 0 Å². The molecule has 4 nitrogen and oxygen atoms in total. The van der Waals surface area contributed by atoms with E-state index < -0.39 is 10.1 Å². The zero-order valence-electron chi connectivity index (χ0n) is 10.1. The van der Waals surface area contributed by atoms with Gasteiger partial charge in [0.1, 0.15) is 0 Å². The van der Waals surface area contributed by atoms with Crippen molar-refractivity contribution in [3.05, 3.63) is 35.4 Å². The summed E-state index contributed by atoms with van der Waals surface area (Å²) in [6, 6.07) is 8.59. The second-order valence-electron chi connectivity index (χ2n) is 4.05. The Balaban J connectivity index is 0.000000249. The molecule has 0 spiro atoms. The van der Waals surface area contributed by atoms with Gasteiger partial charge in [0.2, 0.25) is 0 Å². The predicted molar refractivity (Wildman–Crippen MR) is 66.6 cm³/mol. The first-order chi connectivity index (χ1) is 7.92. The highest BCUT2D eigenvalue weighted by atomic mass is 32.2. The summed E-state index contributed by atoms with van der Waals surface area (Å²) in [5.41, 5.74) is 2.86. The first-order valence-electron chi connectivity index (χ1n) is 5.45. The van der Waals surface area contributed by atoms with Crippen molar-refractivity contribution < 1.29 is 17.7 Å². The number of rotatable bonds is 1.